The number of rotatable bonds is 11. The van der Waals surface area contributed by atoms with Crippen molar-refractivity contribution in [2.45, 2.75) is 63.7 Å². The summed E-state index contributed by atoms with van der Waals surface area (Å²) in [7, 11) is 0. The van der Waals surface area contributed by atoms with E-state index in [4.69, 9.17) is 5.73 Å². The van der Waals surface area contributed by atoms with Gasteiger partial charge in [-0.15, -0.1) is 0 Å². The fourth-order valence-corrected chi connectivity index (χ4v) is 4.55. The van der Waals surface area contributed by atoms with Crippen LogP contribution in [0, 0.1) is 5.92 Å². The zero-order valence-electron chi connectivity index (χ0n) is 21.7. The van der Waals surface area contributed by atoms with E-state index in [1.54, 1.807) is 26.0 Å². The third-order valence-corrected chi connectivity index (χ3v) is 6.70. The third-order valence-electron chi connectivity index (χ3n) is 6.70. The summed E-state index contributed by atoms with van der Waals surface area (Å²) in [6, 6.07) is 11.6. The molecular weight excluding hydrogens is 488 g/mol. The number of aliphatic carboxylic acids is 1. The molecule has 3 amide bonds. The van der Waals surface area contributed by atoms with Gasteiger partial charge in [-0.2, -0.15) is 0 Å². The molecule has 10 nitrogen and oxygen atoms in total. The van der Waals surface area contributed by atoms with E-state index in [2.05, 4.69) is 10.6 Å². The van der Waals surface area contributed by atoms with Crippen LogP contribution in [-0.2, 0) is 32.0 Å². The van der Waals surface area contributed by atoms with E-state index < -0.39 is 47.9 Å². The molecule has 4 atom stereocenters. The number of carbonyl (C=O) groups is 4. The van der Waals surface area contributed by atoms with Gasteiger partial charge in [0.1, 0.15) is 23.9 Å². The van der Waals surface area contributed by atoms with E-state index in [1.165, 1.54) is 17.0 Å². The zero-order valence-corrected chi connectivity index (χ0v) is 21.7. The molecule has 0 aliphatic carbocycles. The first-order valence-corrected chi connectivity index (χ1v) is 12.8. The van der Waals surface area contributed by atoms with E-state index >= 15 is 0 Å². The maximum Gasteiger partial charge on any atom is 0.326 e. The molecule has 3 rings (SSSR count). The second-order valence-corrected chi connectivity index (χ2v) is 9.99. The lowest BCUT2D eigenvalue weighted by molar-refractivity contribution is -0.150. The Kier molecular flexibility index (Phi) is 9.84. The molecule has 2 aromatic rings. The van der Waals surface area contributed by atoms with Gasteiger partial charge in [0.05, 0.1) is 6.04 Å². The Hall–Kier alpha value is -3.92. The van der Waals surface area contributed by atoms with Crippen LogP contribution in [-0.4, -0.2) is 69.5 Å². The largest absolute Gasteiger partial charge is 0.508 e. The molecule has 1 aliphatic heterocycles. The number of hydrogen-bond donors (Lipinski definition) is 5. The monoisotopic (exact) mass is 524 g/mol. The number of phenolic OH excluding ortho intramolecular Hbond substituents is 1. The molecule has 0 bridgehead atoms. The summed E-state index contributed by atoms with van der Waals surface area (Å²) >= 11 is 0. The molecule has 0 spiro atoms. The molecule has 0 aromatic heterocycles. The van der Waals surface area contributed by atoms with E-state index in [0.29, 0.717) is 19.4 Å². The number of phenols is 1. The lowest BCUT2D eigenvalue weighted by atomic mass is 9.99. The Morgan fingerprint density at radius 2 is 1.58 bits per heavy atom. The van der Waals surface area contributed by atoms with Gasteiger partial charge in [0.25, 0.3) is 0 Å². The van der Waals surface area contributed by atoms with Crippen molar-refractivity contribution in [2.75, 3.05) is 6.54 Å². The Morgan fingerprint density at radius 3 is 2.18 bits per heavy atom. The topological polar surface area (TPSA) is 162 Å². The molecule has 1 fully saturated rings. The summed E-state index contributed by atoms with van der Waals surface area (Å²) in [5.41, 5.74) is 7.68. The van der Waals surface area contributed by atoms with Crippen LogP contribution in [0.5, 0.6) is 5.75 Å². The lowest BCUT2D eigenvalue weighted by Crippen LogP contribution is -2.59. The van der Waals surface area contributed by atoms with E-state index in [1.807, 2.05) is 30.3 Å². The average Bonchev–Trinajstić information content (AvgIpc) is 3.38. The second kappa shape index (κ2) is 13.0. The van der Waals surface area contributed by atoms with Crippen molar-refractivity contribution in [1.29, 1.82) is 0 Å². The number of carboxylic acids is 1. The van der Waals surface area contributed by atoms with Gasteiger partial charge in [-0.05, 0) is 48.4 Å². The predicted octanol–water partition coefficient (Wildman–Crippen LogP) is 1.21. The van der Waals surface area contributed by atoms with E-state index in [9.17, 15) is 29.4 Å². The van der Waals surface area contributed by atoms with Crippen molar-refractivity contribution in [3.8, 4) is 5.75 Å². The van der Waals surface area contributed by atoms with Crippen LogP contribution in [0.1, 0.15) is 37.8 Å². The van der Waals surface area contributed by atoms with Crippen LogP contribution in [0.4, 0.5) is 0 Å². The van der Waals surface area contributed by atoms with Crippen molar-refractivity contribution < 1.29 is 29.4 Å². The van der Waals surface area contributed by atoms with E-state index in [0.717, 1.165) is 11.1 Å². The van der Waals surface area contributed by atoms with Crippen LogP contribution in [0.25, 0.3) is 0 Å². The minimum absolute atomic E-state index is 0.101. The first-order chi connectivity index (χ1) is 18.1. The molecule has 6 N–H and O–H groups in total. The van der Waals surface area contributed by atoms with Crippen molar-refractivity contribution in [3.05, 3.63) is 65.7 Å². The number of aromatic hydroxyl groups is 1. The van der Waals surface area contributed by atoms with Gasteiger partial charge < -0.3 is 31.5 Å². The summed E-state index contributed by atoms with van der Waals surface area (Å²) in [4.78, 5) is 52.7. The van der Waals surface area contributed by atoms with Crippen LogP contribution < -0.4 is 16.4 Å². The molecule has 1 heterocycles. The summed E-state index contributed by atoms with van der Waals surface area (Å²) in [6.07, 6.45) is 1.31. The first-order valence-electron chi connectivity index (χ1n) is 12.8. The van der Waals surface area contributed by atoms with Gasteiger partial charge in [-0.25, -0.2) is 4.79 Å². The van der Waals surface area contributed by atoms with Crippen LogP contribution >= 0.6 is 0 Å². The maximum atomic E-state index is 13.5. The molecule has 10 heteroatoms. The molecule has 204 valence electrons. The van der Waals surface area contributed by atoms with E-state index in [-0.39, 0.29) is 24.5 Å². The number of nitrogens with zero attached hydrogens (tertiary/aromatic N) is 1. The average molecular weight is 525 g/mol. The molecule has 1 aliphatic rings. The Labute approximate surface area is 222 Å². The summed E-state index contributed by atoms with van der Waals surface area (Å²) in [5, 5.41) is 24.5. The summed E-state index contributed by atoms with van der Waals surface area (Å²) < 4.78 is 0. The fourth-order valence-electron chi connectivity index (χ4n) is 4.55. The van der Waals surface area contributed by atoms with Gasteiger partial charge in [0, 0.05) is 13.0 Å². The maximum absolute atomic E-state index is 13.5. The molecule has 1 saturated heterocycles. The molecule has 0 saturated carbocycles. The minimum Gasteiger partial charge on any atom is -0.508 e. The summed E-state index contributed by atoms with van der Waals surface area (Å²) in [6.45, 7) is 3.85. The molecule has 38 heavy (non-hydrogen) atoms. The molecule has 0 radical (unpaired) electrons. The lowest BCUT2D eigenvalue weighted by Gasteiger charge is -2.31. The number of nitrogens with one attached hydrogen (secondary N) is 2. The fraction of sp³-hybridized carbons (Fsp3) is 0.429. The highest BCUT2D eigenvalue weighted by Gasteiger charge is 2.39. The first kappa shape index (κ1) is 28.6. The minimum atomic E-state index is -1.07. The Balaban J connectivity index is 1.75. The van der Waals surface area contributed by atoms with Crippen LogP contribution in [0.15, 0.2) is 54.6 Å². The second-order valence-electron chi connectivity index (χ2n) is 9.99. The third kappa shape index (κ3) is 7.55. The van der Waals surface area contributed by atoms with Crippen molar-refractivity contribution >= 4 is 23.7 Å². The van der Waals surface area contributed by atoms with Gasteiger partial charge in [-0.3, -0.25) is 14.4 Å². The Morgan fingerprint density at radius 1 is 0.947 bits per heavy atom. The standard InChI is InChI=1S/C28H36N4O6/c1-17(2)24(27(36)32-14-6-9-23(32)28(37)38)31-26(35)22(16-18-7-4-3-5-8-18)30-25(34)21(29)15-19-10-12-20(33)13-11-19/h3-5,7-8,10-13,17,21-24,33H,6,9,14-16,29H2,1-2H3,(H,30,34)(H,31,35)(H,37,38). The number of nitrogens with two attached hydrogens (primary N) is 1. The SMILES string of the molecule is CC(C)C(NC(=O)C(Cc1ccccc1)NC(=O)C(N)Cc1ccc(O)cc1)C(=O)N1CCCC1C(=O)O. The van der Waals surface area contributed by atoms with Crippen molar-refractivity contribution in [2.24, 2.45) is 11.7 Å². The number of amides is 3. The van der Waals surface area contributed by atoms with Gasteiger partial charge >= 0.3 is 5.97 Å². The normalized spacial score (nSPS) is 17.5. The zero-order chi connectivity index (χ0) is 27.8. The van der Waals surface area contributed by atoms with Gasteiger partial charge in [0.15, 0.2) is 0 Å². The Bertz CT molecular complexity index is 1120. The summed E-state index contributed by atoms with van der Waals surface area (Å²) in [5.74, 6) is -2.83. The number of hydrogen-bond acceptors (Lipinski definition) is 6. The van der Waals surface area contributed by atoms with Gasteiger partial charge in [-0.1, -0.05) is 56.3 Å². The van der Waals surface area contributed by atoms with Crippen LogP contribution in [0.3, 0.4) is 0 Å². The smallest absolute Gasteiger partial charge is 0.326 e. The van der Waals surface area contributed by atoms with Crippen molar-refractivity contribution in [1.82, 2.24) is 15.5 Å². The van der Waals surface area contributed by atoms with Crippen molar-refractivity contribution in [3.63, 3.8) is 0 Å². The highest BCUT2D eigenvalue weighted by atomic mass is 16.4. The number of benzene rings is 2. The predicted molar refractivity (Wildman–Crippen MR) is 141 cm³/mol. The van der Waals surface area contributed by atoms with Gasteiger partial charge in [0.2, 0.25) is 17.7 Å². The molecule has 4 unspecified atom stereocenters. The number of carboxylic acid groups (broad SMARTS) is 1. The highest BCUT2D eigenvalue weighted by molar-refractivity contribution is 5.94. The quantitative estimate of drug-likeness (QED) is 0.295. The molecule has 2 aromatic carbocycles. The number of likely N-dealkylation sites (tertiary alicyclic amines) is 1. The molecular formula is C28H36N4O6. The number of carbonyl (C=O) groups excluding carboxylic acids is 3. The van der Waals surface area contributed by atoms with Crippen LogP contribution in [0.2, 0.25) is 0 Å². The highest BCUT2D eigenvalue weighted by Crippen LogP contribution is 2.20.